The van der Waals surface area contributed by atoms with E-state index in [0.717, 1.165) is 24.3 Å². The van der Waals surface area contributed by atoms with Gasteiger partial charge in [0, 0.05) is 24.3 Å². The number of ether oxygens (including phenoxy) is 10. The van der Waals surface area contributed by atoms with Crippen LogP contribution in [0, 0.1) is 0 Å². The molecule has 4 aliphatic heterocycles. The Hall–Kier alpha value is -7.28. The topological polar surface area (TPSA) is 413 Å². The lowest BCUT2D eigenvalue weighted by atomic mass is 9.96. The molecule has 26 nitrogen and oxygen atoms in total. The number of phenolic OH excluding ortho intramolecular Hbond substituents is 4. The Balaban J connectivity index is 1.09. The number of aliphatic hydroxyl groups excluding tert-OH is 10. The van der Waals surface area contributed by atoms with Crippen molar-refractivity contribution in [1.29, 1.82) is 0 Å². The molecular formula is C52H57O26+. The van der Waals surface area contributed by atoms with E-state index in [1.807, 2.05) is 0 Å². The van der Waals surface area contributed by atoms with E-state index in [0.29, 0.717) is 5.56 Å². The highest BCUT2D eigenvalue weighted by atomic mass is 16.8. The second-order valence-electron chi connectivity index (χ2n) is 18.2. The predicted molar refractivity (Wildman–Crippen MR) is 260 cm³/mol. The summed E-state index contributed by atoms with van der Waals surface area (Å²) in [5, 5.41) is 149. The van der Waals surface area contributed by atoms with Gasteiger partial charge in [-0.2, -0.15) is 0 Å². The lowest BCUT2D eigenvalue weighted by molar-refractivity contribution is -0.363. The number of aliphatic hydroxyl groups is 12. The number of hydrogen-bond acceptors (Lipinski definition) is 25. The summed E-state index contributed by atoms with van der Waals surface area (Å²) in [5.41, 5.74) is 1.02. The van der Waals surface area contributed by atoms with Crippen LogP contribution in [0.4, 0.5) is 0 Å². The van der Waals surface area contributed by atoms with Crippen LogP contribution in [0.2, 0.25) is 0 Å². The number of carbonyl (C=O) groups excluding carboxylic acids is 2. The normalized spacial score (nSPS) is 32.1. The van der Waals surface area contributed by atoms with Gasteiger partial charge in [0.25, 0.3) is 0 Å². The van der Waals surface area contributed by atoms with Crippen molar-refractivity contribution in [2.75, 3.05) is 26.9 Å². The molecule has 15 N–H and O–H groups in total. The van der Waals surface area contributed by atoms with Crippen molar-refractivity contribution in [3.05, 3.63) is 131 Å². The highest BCUT2D eigenvalue weighted by molar-refractivity contribution is 5.87. The van der Waals surface area contributed by atoms with Crippen molar-refractivity contribution in [2.24, 2.45) is 0 Å². The first-order chi connectivity index (χ1) is 37.2. The maximum Gasteiger partial charge on any atom is 0.330 e. The summed E-state index contributed by atoms with van der Waals surface area (Å²) >= 11 is 0. The molecule has 0 saturated carbocycles. The van der Waals surface area contributed by atoms with Gasteiger partial charge in [-0.1, -0.05) is 12.1 Å². The molecule has 5 aliphatic rings. The lowest BCUT2D eigenvalue weighted by Gasteiger charge is -2.46. The fourth-order valence-corrected chi connectivity index (χ4v) is 8.58. The van der Waals surface area contributed by atoms with Crippen LogP contribution >= 0.6 is 0 Å². The molecule has 0 aromatic heterocycles. The summed E-state index contributed by atoms with van der Waals surface area (Å²) < 4.78 is 56.5. The Morgan fingerprint density at radius 1 is 0.603 bits per heavy atom. The average molecular weight is 1100 g/mol. The Kier molecular flexibility index (Phi) is 17.9. The molecule has 0 bridgehead atoms. The number of fused-ring (bicyclic) bond motifs is 1. The van der Waals surface area contributed by atoms with Gasteiger partial charge in [-0.3, -0.25) is 0 Å². The third-order valence-corrected chi connectivity index (χ3v) is 12.9. The smallest absolute Gasteiger partial charge is 0.330 e. The number of aromatic hydroxyl groups is 4. The van der Waals surface area contributed by atoms with Gasteiger partial charge in [0.2, 0.25) is 24.4 Å². The molecule has 420 valence electrons. The number of rotatable bonds is 17. The minimum Gasteiger partial charge on any atom is -0.571 e. The number of phenols is 4. The molecule has 3 aromatic rings. The molecule has 0 radical (unpaired) electrons. The second kappa shape index (κ2) is 24.6. The van der Waals surface area contributed by atoms with E-state index in [-0.39, 0.29) is 51.2 Å². The molecule has 8 rings (SSSR count). The molecule has 3 fully saturated rings. The number of hydrogen-bond donors (Lipinski definition) is 14. The van der Waals surface area contributed by atoms with Crippen molar-refractivity contribution in [1.82, 2.24) is 0 Å². The Labute approximate surface area is 441 Å². The van der Waals surface area contributed by atoms with Crippen LogP contribution in [0.3, 0.4) is 0 Å². The number of carbonyl (C=O) groups is 2. The first-order valence-electron chi connectivity index (χ1n) is 23.9. The lowest BCUT2D eigenvalue weighted by Crippen LogP contribution is -2.64. The minimum atomic E-state index is -2.12. The van der Waals surface area contributed by atoms with E-state index in [4.69, 9.17) is 47.4 Å². The van der Waals surface area contributed by atoms with E-state index in [2.05, 4.69) is 0 Å². The zero-order valence-electron chi connectivity index (χ0n) is 40.9. The van der Waals surface area contributed by atoms with Gasteiger partial charge in [-0.05, 0) is 71.8 Å². The van der Waals surface area contributed by atoms with Crippen LogP contribution in [0.25, 0.3) is 17.9 Å². The highest BCUT2D eigenvalue weighted by Crippen LogP contribution is 2.40. The van der Waals surface area contributed by atoms with Gasteiger partial charge in [0.1, 0.15) is 97.6 Å². The van der Waals surface area contributed by atoms with Gasteiger partial charge in [-0.25, -0.2) is 9.59 Å². The van der Waals surface area contributed by atoms with Crippen molar-refractivity contribution in [3.63, 3.8) is 0 Å². The summed E-state index contributed by atoms with van der Waals surface area (Å²) in [6.07, 6.45) is -21.1. The molecule has 4 heterocycles. The first-order valence-corrected chi connectivity index (χ1v) is 23.9. The van der Waals surface area contributed by atoms with Crippen LogP contribution in [-0.2, 0) is 47.5 Å². The van der Waals surface area contributed by atoms with E-state index in [1.165, 1.54) is 86.0 Å². The van der Waals surface area contributed by atoms with E-state index in [9.17, 15) is 81.1 Å². The van der Waals surface area contributed by atoms with Gasteiger partial charge < -0.3 is 119 Å². The summed E-state index contributed by atoms with van der Waals surface area (Å²) in [4.78, 5) is 25.8. The zero-order chi connectivity index (χ0) is 56.1. The monoisotopic (exact) mass is 1100 g/mol. The molecule has 0 amide bonds. The fraction of sp³-hybridized carbons (Fsp3) is 0.385. The van der Waals surface area contributed by atoms with Crippen molar-refractivity contribution >= 4 is 29.8 Å². The van der Waals surface area contributed by atoms with E-state index < -0.39 is 147 Å². The van der Waals surface area contributed by atoms with Gasteiger partial charge in [0.15, 0.2) is 35.4 Å². The molecule has 0 spiro atoms. The van der Waals surface area contributed by atoms with Crippen LogP contribution in [0.5, 0.6) is 28.7 Å². The molecule has 1 aliphatic carbocycles. The van der Waals surface area contributed by atoms with Crippen molar-refractivity contribution in [2.45, 2.75) is 98.2 Å². The number of allylic oxidation sites excluding steroid dienone is 2. The molecule has 16 atom stereocenters. The van der Waals surface area contributed by atoms with Crippen LogP contribution in [-0.4, -0.2) is 213 Å². The summed E-state index contributed by atoms with van der Waals surface area (Å²) in [7, 11) is 1.33. The Morgan fingerprint density at radius 3 is 1.78 bits per heavy atom. The van der Waals surface area contributed by atoms with E-state index in [1.54, 1.807) is 0 Å². The van der Waals surface area contributed by atoms with Crippen molar-refractivity contribution < 1.29 is 128 Å². The maximum absolute atomic E-state index is 13.0. The standard InChI is InChI=1S/C52H56O26/c1-69-33-15-23(3-11-29(33)57)5-13-39(60)70-20-36-41(62)44(65)47(68)51(76-36)78-49-45(66)42(63)37(21-71-38(59)12-4-22-2-10-28(56)30(58)14-22)77-52(49)74-34-18-27-31(72-48(34)24-6-8-25(54)9-7-24)16-26(55)17-32(27)73-50-46(67)43(64)40(61)35(19-53)75-50/h2-18,31,35-37,40-47,49-58,61-68H,19-21H2,1H3/p+1/b12-4+,13-5+/t31?,35-,36-,37-,40-,41-,42-,43+,44+,45+,46-,47-,49-,50-,51+,52-/m1/s1. The molecule has 26 heteroatoms. The summed E-state index contributed by atoms with van der Waals surface area (Å²) in [5.74, 6) is -3.99. The van der Waals surface area contributed by atoms with Crippen LogP contribution < -0.4 is 4.74 Å². The number of benzene rings is 3. The van der Waals surface area contributed by atoms with Gasteiger partial charge in [0.05, 0.1) is 30.9 Å². The Bertz CT molecular complexity index is 2820. The van der Waals surface area contributed by atoms with E-state index >= 15 is 0 Å². The molecule has 3 aromatic carbocycles. The summed E-state index contributed by atoms with van der Waals surface area (Å²) in [6, 6.07) is 13.4. The van der Waals surface area contributed by atoms with Gasteiger partial charge in [-0.15, -0.1) is 0 Å². The third kappa shape index (κ3) is 12.8. The molecule has 78 heavy (non-hydrogen) atoms. The zero-order valence-corrected chi connectivity index (χ0v) is 40.9. The second-order valence-corrected chi connectivity index (χ2v) is 18.2. The average Bonchev–Trinajstić information content (AvgIpc) is 3.48. The maximum atomic E-state index is 13.0. The van der Waals surface area contributed by atoms with Crippen LogP contribution in [0.15, 0.2) is 114 Å². The van der Waals surface area contributed by atoms with Gasteiger partial charge >= 0.3 is 17.7 Å². The summed E-state index contributed by atoms with van der Waals surface area (Å²) in [6.45, 7) is -2.34. The van der Waals surface area contributed by atoms with Crippen LogP contribution in [0.1, 0.15) is 16.7 Å². The quantitative estimate of drug-likeness (QED) is 0.0312. The highest BCUT2D eigenvalue weighted by Gasteiger charge is 2.53. The largest absolute Gasteiger partial charge is 0.571 e. The fourth-order valence-electron chi connectivity index (χ4n) is 8.58. The number of esters is 2. The first kappa shape index (κ1) is 56.9. The SMILES string of the molecule is COc1cc(/C=C/C(=O)OC[C@H]2O[C@@H](O[C@H]3[C@H](OC4=C(c5ccc(O)cc5)[OH+]C5C=C(O)C=C(O[C@@H]6O[C@H](CO)[C@@H](O)[C@H](O)[C@H]6O)C5=C4)O[C@H](COC(=O)/C=C/c4ccc(O)c(O)c4)[C@@H](O)[C@@H]3O)[C@H](O)[C@@H](O)[C@@H]2O)ccc1O. The minimum absolute atomic E-state index is 0.0359. The molecular weight excluding hydrogens is 1040 g/mol. The molecule has 1 unspecified atom stereocenters. The van der Waals surface area contributed by atoms with Crippen molar-refractivity contribution in [3.8, 4) is 28.7 Å². The third-order valence-electron chi connectivity index (χ3n) is 12.9. The number of methoxy groups -OCH3 is 1. The predicted octanol–water partition coefficient (Wildman–Crippen LogP) is -1.65. The Morgan fingerprint density at radius 2 is 1.17 bits per heavy atom. The molecule has 3 saturated heterocycles.